The number of amides is 1. The van der Waals surface area contributed by atoms with E-state index in [0.717, 1.165) is 12.8 Å². The average Bonchev–Trinajstić information content (AvgIpc) is 2.45. The number of pyridine rings is 1. The third-order valence-electron chi connectivity index (χ3n) is 3.73. The molecular formula is C14H20N2O4. The molecule has 1 aromatic rings. The minimum Gasteiger partial charge on any atom is -0.503 e. The van der Waals surface area contributed by atoms with Crippen LogP contribution in [0.5, 0.6) is 5.75 Å². The van der Waals surface area contributed by atoms with E-state index in [9.17, 15) is 14.7 Å². The van der Waals surface area contributed by atoms with Crippen LogP contribution in [-0.2, 0) is 4.74 Å². The summed E-state index contributed by atoms with van der Waals surface area (Å²) in [5.41, 5.74) is 0.217. The number of hydrogen-bond donors (Lipinski definition) is 1. The predicted octanol–water partition coefficient (Wildman–Crippen LogP) is 1.66. The molecule has 0 aromatic carbocycles. The zero-order valence-corrected chi connectivity index (χ0v) is 11.8. The number of carbonyl (C=O) groups is 1. The monoisotopic (exact) mass is 280 g/mol. The summed E-state index contributed by atoms with van der Waals surface area (Å²) in [4.78, 5) is 24.7. The highest BCUT2D eigenvalue weighted by Gasteiger charge is 2.25. The Balaban J connectivity index is 2.06. The second-order valence-electron chi connectivity index (χ2n) is 4.94. The summed E-state index contributed by atoms with van der Waals surface area (Å²) in [5, 5.41) is 9.71. The van der Waals surface area contributed by atoms with Crippen molar-refractivity contribution in [2.24, 2.45) is 0 Å². The molecule has 1 saturated heterocycles. The first-order valence-corrected chi connectivity index (χ1v) is 6.87. The number of hydrogen-bond acceptors (Lipinski definition) is 4. The Labute approximate surface area is 117 Å². The number of rotatable bonds is 2. The minimum absolute atomic E-state index is 0.187. The van der Waals surface area contributed by atoms with Crippen molar-refractivity contribution in [3.8, 4) is 5.75 Å². The summed E-state index contributed by atoms with van der Waals surface area (Å²) in [6.45, 7) is 5.14. The van der Waals surface area contributed by atoms with E-state index in [1.807, 2.05) is 4.57 Å². The van der Waals surface area contributed by atoms with Gasteiger partial charge in [0.1, 0.15) is 0 Å². The van der Waals surface area contributed by atoms with Crippen molar-refractivity contribution < 1.29 is 14.6 Å². The van der Waals surface area contributed by atoms with Gasteiger partial charge in [0.25, 0.3) is 0 Å². The highest BCUT2D eigenvalue weighted by molar-refractivity contribution is 5.67. The Kier molecular flexibility index (Phi) is 4.32. The first-order valence-electron chi connectivity index (χ1n) is 6.87. The maximum atomic E-state index is 11.6. The van der Waals surface area contributed by atoms with Crippen LogP contribution in [0.2, 0.25) is 0 Å². The standard InChI is InChI=1S/C14H20N2O4/c1-3-20-14(19)15-7-4-11(5-8-15)16-9-6-12(17)13(18)10(16)2/h6,9,11,18H,3-5,7-8H2,1-2H3. The first kappa shape index (κ1) is 14.4. The van der Waals surface area contributed by atoms with Gasteiger partial charge in [0.05, 0.1) is 12.3 Å². The molecule has 0 spiro atoms. The third-order valence-corrected chi connectivity index (χ3v) is 3.73. The van der Waals surface area contributed by atoms with E-state index >= 15 is 0 Å². The van der Waals surface area contributed by atoms with Crippen LogP contribution in [0, 0.1) is 6.92 Å². The summed E-state index contributed by atoms with van der Waals surface area (Å²) in [6.07, 6.45) is 3.00. The van der Waals surface area contributed by atoms with E-state index in [1.165, 1.54) is 6.07 Å². The van der Waals surface area contributed by atoms with E-state index in [0.29, 0.717) is 25.4 Å². The third kappa shape index (κ3) is 2.79. The Bertz CT molecular complexity index is 545. The quantitative estimate of drug-likeness (QED) is 0.894. The zero-order valence-electron chi connectivity index (χ0n) is 11.8. The molecule has 0 unspecified atom stereocenters. The van der Waals surface area contributed by atoms with Crippen LogP contribution in [-0.4, -0.2) is 40.4 Å². The van der Waals surface area contributed by atoms with Crippen LogP contribution in [0.25, 0.3) is 0 Å². The predicted molar refractivity (Wildman–Crippen MR) is 74.0 cm³/mol. The molecule has 1 N–H and O–H groups in total. The second-order valence-corrected chi connectivity index (χ2v) is 4.94. The van der Waals surface area contributed by atoms with Gasteiger partial charge in [0.2, 0.25) is 5.43 Å². The van der Waals surface area contributed by atoms with Crippen molar-refractivity contribution >= 4 is 6.09 Å². The fourth-order valence-electron chi connectivity index (χ4n) is 2.58. The fraction of sp³-hybridized carbons (Fsp3) is 0.571. The molecule has 0 atom stereocenters. The highest BCUT2D eigenvalue weighted by atomic mass is 16.6. The molecule has 0 radical (unpaired) electrons. The average molecular weight is 280 g/mol. The summed E-state index contributed by atoms with van der Waals surface area (Å²) in [7, 11) is 0. The van der Waals surface area contributed by atoms with Gasteiger partial charge in [-0.1, -0.05) is 0 Å². The molecule has 1 fully saturated rings. The molecule has 0 aliphatic carbocycles. The number of ether oxygens (including phenoxy) is 1. The lowest BCUT2D eigenvalue weighted by molar-refractivity contribution is 0.0924. The Morgan fingerprint density at radius 1 is 1.45 bits per heavy atom. The van der Waals surface area contributed by atoms with Crippen LogP contribution in [0.15, 0.2) is 17.1 Å². The molecule has 0 saturated carbocycles. The molecule has 1 aliphatic heterocycles. The smallest absolute Gasteiger partial charge is 0.409 e. The SMILES string of the molecule is CCOC(=O)N1CCC(n2ccc(=O)c(O)c2C)CC1. The molecule has 2 rings (SSSR count). The lowest BCUT2D eigenvalue weighted by Gasteiger charge is -2.33. The maximum Gasteiger partial charge on any atom is 0.409 e. The Hall–Kier alpha value is -1.98. The summed E-state index contributed by atoms with van der Waals surface area (Å²) in [5.74, 6) is -0.194. The van der Waals surface area contributed by atoms with Gasteiger partial charge in [-0.15, -0.1) is 0 Å². The molecule has 20 heavy (non-hydrogen) atoms. The number of likely N-dealkylation sites (tertiary alicyclic amines) is 1. The lowest BCUT2D eigenvalue weighted by atomic mass is 10.0. The molecule has 2 heterocycles. The highest BCUT2D eigenvalue weighted by Crippen LogP contribution is 2.25. The van der Waals surface area contributed by atoms with Crippen LogP contribution in [0.4, 0.5) is 4.79 Å². The molecular weight excluding hydrogens is 260 g/mol. The number of piperidine rings is 1. The van der Waals surface area contributed by atoms with Gasteiger partial charge in [0.15, 0.2) is 5.75 Å². The van der Waals surface area contributed by atoms with E-state index in [1.54, 1.807) is 24.9 Å². The van der Waals surface area contributed by atoms with Crippen molar-refractivity contribution in [1.82, 2.24) is 9.47 Å². The number of carbonyl (C=O) groups excluding carboxylic acids is 1. The molecule has 1 amide bonds. The van der Waals surface area contributed by atoms with Gasteiger partial charge >= 0.3 is 6.09 Å². The molecule has 1 aliphatic rings. The van der Waals surface area contributed by atoms with Crippen LogP contribution < -0.4 is 5.43 Å². The van der Waals surface area contributed by atoms with E-state index in [2.05, 4.69) is 0 Å². The van der Waals surface area contributed by atoms with Gasteiger partial charge in [-0.05, 0) is 26.7 Å². The van der Waals surface area contributed by atoms with Crippen LogP contribution >= 0.6 is 0 Å². The molecule has 6 nitrogen and oxygen atoms in total. The van der Waals surface area contributed by atoms with Crippen molar-refractivity contribution in [2.75, 3.05) is 19.7 Å². The van der Waals surface area contributed by atoms with E-state index in [4.69, 9.17) is 4.74 Å². The van der Waals surface area contributed by atoms with Crippen LogP contribution in [0.3, 0.4) is 0 Å². The van der Waals surface area contributed by atoms with Crippen LogP contribution in [0.1, 0.15) is 31.5 Å². The van der Waals surface area contributed by atoms with Crippen molar-refractivity contribution in [2.45, 2.75) is 32.7 Å². The Morgan fingerprint density at radius 3 is 2.70 bits per heavy atom. The molecule has 6 heteroatoms. The van der Waals surface area contributed by atoms with Crippen molar-refractivity contribution in [3.63, 3.8) is 0 Å². The van der Waals surface area contributed by atoms with Gasteiger partial charge < -0.3 is 19.3 Å². The summed E-state index contributed by atoms with van der Waals surface area (Å²) >= 11 is 0. The van der Waals surface area contributed by atoms with E-state index < -0.39 is 0 Å². The fourth-order valence-corrected chi connectivity index (χ4v) is 2.58. The summed E-state index contributed by atoms with van der Waals surface area (Å²) in [6, 6.07) is 1.56. The second kappa shape index (κ2) is 5.98. The topological polar surface area (TPSA) is 71.8 Å². The summed E-state index contributed by atoms with van der Waals surface area (Å²) < 4.78 is 6.90. The normalized spacial score (nSPS) is 16.2. The molecule has 1 aromatic heterocycles. The van der Waals surface area contributed by atoms with Crippen molar-refractivity contribution in [3.05, 3.63) is 28.2 Å². The van der Waals surface area contributed by atoms with Gasteiger partial charge in [-0.2, -0.15) is 0 Å². The maximum absolute atomic E-state index is 11.6. The number of aromatic nitrogens is 1. The van der Waals surface area contributed by atoms with E-state index in [-0.39, 0.29) is 23.3 Å². The minimum atomic E-state index is -0.359. The number of nitrogens with zero attached hydrogens (tertiary/aromatic N) is 2. The first-order chi connectivity index (χ1) is 9.54. The number of aromatic hydroxyl groups is 1. The Morgan fingerprint density at radius 2 is 2.10 bits per heavy atom. The lowest BCUT2D eigenvalue weighted by Crippen LogP contribution is -2.39. The van der Waals surface area contributed by atoms with Gasteiger partial charge in [-0.25, -0.2) is 4.79 Å². The molecule has 0 bridgehead atoms. The molecule has 110 valence electrons. The zero-order chi connectivity index (χ0) is 14.7. The van der Waals surface area contributed by atoms with Crippen molar-refractivity contribution in [1.29, 1.82) is 0 Å². The van der Waals surface area contributed by atoms with Gasteiger partial charge in [0, 0.05) is 31.4 Å². The largest absolute Gasteiger partial charge is 0.503 e. The van der Waals surface area contributed by atoms with Gasteiger partial charge in [-0.3, -0.25) is 4.79 Å².